The molecule has 0 fully saturated rings. The second-order valence-electron chi connectivity index (χ2n) is 31.5. The summed E-state index contributed by atoms with van der Waals surface area (Å²) in [6.07, 6.45) is 60.2. The fourth-order valence-corrected chi connectivity index (χ4v) is 14.3. The number of rotatable bonds is 80. The van der Waals surface area contributed by atoms with Crippen LogP contribution in [0.2, 0.25) is 0 Å². The molecule has 0 aromatic heterocycles. The maximum atomic E-state index is 13.1. The summed E-state index contributed by atoms with van der Waals surface area (Å²) in [5, 5.41) is 10.6. The molecule has 0 aliphatic heterocycles. The number of ether oxygens (including phenoxy) is 4. The van der Waals surface area contributed by atoms with Crippen molar-refractivity contribution < 1.29 is 80.2 Å². The lowest BCUT2D eigenvalue weighted by molar-refractivity contribution is -0.161. The van der Waals surface area contributed by atoms with Crippen molar-refractivity contribution in [1.29, 1.82) is 0 Å². The zero-order chi connectivity index (χ0) is 75.3. The van der Waals surface area contributed by atoms with Crippen LogP contribution in [0.15, 0.2) is 0 Å². The van der Waals surface area contributed by atoms with E-state index in [1.165, 1.54) is 225 Å². The molecule has 0 aromatic carbocycles. The smallest absolute Gasteiger partial charge is 0.462 e. The van der Waals surface area contributed by atoms with E-state index < -0.39 is 97.5 Å². The van der Waals surface area contributed by atoms with Crippen LogP contribution in [0.4, 0.5) is 0 Å². The Balaban J connectivity index is 5.16. The van der Waals surface area contributed by atoms with Gasteiger partial charge in [0, 0.05) is 25.7 Å². The second-order valence-corrected chi connectivity index (χ2v) is 34.4. The zero-order valence-corrected chi connectivity index (χ0v) is 69.0. The van der Waals surface area contributed by atoms with Gasteiger partial charge in [0.25, 0.3) is 0 Å². The van der Waals surface area contributed by atoms with E-state index in [1.807, 2.05) is 0 Å². The predicted molar refractivity (Wildman–Crippen MR) is 418 cm³/mol. The van der Waals surface area contributed by atoms with Gasteiger partial charge in [-0.1, -0.05) is 376 Å². The summed E-state index contributed by atoms with van der Waals surface area (Å²) in [4.78, 5) is 72.9. The van der Waals surface area contributed by atoms with Crippen molar-refractivity contribution in [3.63, 3.8) is 0 Å². The molecule has 3 unspecified atom stereocenters. The molecule has 0 radical (unpaired) electrons. The minimum Gasteiger partial charge on any atom is -0.462 e. The van der Waals surface area contributed by atoms with Crippen LogP contribution in [0.25, 0.3) is 0 Å². The second kappa shape index (κ2) is 72.0. The van der Waals surface area contributed by atoms with Crippen molar-refractivity contribution in [2.24, 2.45) is 23.7 Å². The van der Waals surface area contributed by atoms with Gasteiger partial charge in [0.2, 0.25) is 0 Å². The lowest BCUT2D eigenvalue weighted by Gasteiger charge is -2.21. The van der Waals surface area contributed by atoms with Gasteiger partial charge in [-0.25, -0.2) is 9.13 Å². The van der Waals surface area contributed by atoms with Gasteiger partial charge in [0.1, 0.15) is 19.3 Å². The number of hydrogen-bond donors (Lipinski definition) is 3. The molecule has 0 saturated heterocycles. The fraction of sp³-hybridized carbons (Fsp3) is 0.952. The number of carbonyl (C=O) groups is 4. The van der Waals surface area contributed by atoms with Crippen LogP contribution in [-0.2, 0) is 65.4 Å². The number of phosphoric acid groups is 2. The largest absolute Gasteiger partial charge is 0.472 e. The Morgan fingerprint density at radius 1 is 0.275 bits per heavy atom. The molecule has 6 atom stereocenters. The van der Waals surface area contributed by atoms with Crippen molar-refractivity contribution in [2.75, 3.05) is 39.6 Å². The lowest BCUT2D eigenvalue weighted by atomic mass is 9.99. The van der Waals surface area contributed by atoms with Crippen molar-refractivity contribution in [1.82, 2.24) is 0 Å². The Labute approximate surface area is 626 Å². The van der Waals surface area contributed by atoms with Gasteiger partial charge in [-0.2, -0.15) is 0 Å². The van der Waals surface area contributed by atoms with Crippen LogP contribution in [0.5, 0.6) is 0 Å². The lowest BCUT2D eigenvalue weighted by Crippen LogP contribution is -2.30. The highest BCUT2D eigenvalue weighted by Gasteiger charge is 2.30. The first-order valence-corrected chi connectivity index (χ1v) is 45.7. The number of unbranched alkanes of at least 4 members (excludes halogenated alkanes) is 45. The van der Waals surface area contributed by atoms with Crippen LogP contribution in [0, 0.1) is 23.7 Å². The summed E-state index contributed by atoms with van der Waals surface area (Å²) in [6, 6.07) is 0. The maximum Gasteiger partial charge on any atom is 0.472 e. The highest BCUT2D eigenvalue weighted by molar-refractivity contribution is 7.47. The Bertz CT molecular complexity index is 1990. The molecule has 0 spiro atoms. The first-order chi connectivity index (χ1) is 49.1. The van der Waals surface area contributed by atoms with Crippen molar-refractivity contribution >= 4 is 39.5 Å². The average molecular weight is 1490 g/mol. The van der Waals surface area contributed by atoms with E-state index in [4.69, 9.17) is 37.0 Å². The number of hydrogen-bond acceptors (Lipinski definition) is 15. The van der Waals surface area contributed by atoms with Crippen LogP contribution in [-0.4, -0.2) is 96.7 Å². The van der Waals surface area contributed by atoms with Gasteiger partial charge >= 0.3 is 39.5 Å². The van der Waals surface area contributed by atoms with Gasteiger partial charge in [-0.15, -0.1) is 0 Å². The van der Waals surface area contributed by atoms with Crippen LogP contribution >= 0.6 is 15.6 Å². The van der Waals surface area contributed by atoms with Gasteiger partial charge in [-0.3, -0.25) is 37.3 Å². The summed E-state index contributed by atoms with van der Waals surface area (Å²) in [5.74, 6) is 0.951. The average Bonchev–Trinajstić information content (AvgIpc) is 0.912. The normalized spacial score (nSPS) is 14.3. The van der Waals surface area contributed by atoms with E-state index in [1.54, 1.807) is 0 Å². The Morgan fingerprint density at radius 3 is 0.696 bits per heavy atom. The van der Waals surface area contributed by atoms with Gasteiger partial charge < -0.3 is 33.8 Å². The Hall–Kier alpha value is -1.94. The van der Waals surface area contributed by atoms with E-state index in [2.05, 4.69) is 55.4 Å². The predicted octanol–water partition coefficient (Wildman–Crippen LogP) is 24.8. The summed E-state index contributed by atoms with van der Waals surface area (Å²) < 4.78 is 68.6. The molecule has 0 aliphatic rings. The summed E-state index contributed by atoms with van der Waals surface area (Å²) in [5.41, 5.74) is 0. The summed E-state index contributed by atoms with van der Waals surface area (Å²) in [6.45, 7) is 14.2. The van der Waals surface area contributed by atoms with Gasteiger partial charge in [-0.05, 0) is 49.4 Å². The molecular formula is C83H162O17P2. The molecule has 19 heteroatoms. The van der Waals surface area contributed by atoms with E-state index >= 15 is 0 Å². The third kappa shape index (κ3) is 74.9. The minimum absolute atomic E-state index is 0.102. The molecule has 17 nitrogen and oxygen atoms in total. The SMILES string of the molecule is CCC(C)CCCCCCCCCCCCCCCCCCCCC(=O)O[C@H](COC(=O)CCCCCCCCCCCCCCCCCCCCC(C)C)COP(=O)(O)OC[C@@H](O)COP(=O)(O)OC[C@@H](COC(=O)CCCCCCCCC(C)C)OC(=O)CCCCCCCCCC(C)C. The molecule has 0 bridgehead atoms. The molecule has 3 N–H and O–H groups in total. The monoisotopic (exact) mass is 1490 g/mol. The highest BCUT2D eigenvalue weighted by atomic mass is 31.2. The fourth-order valence-electron chi connectivity index (χ4n) is 12.8. The van der Waals surface area contributed by atoms with E-state index in [0.29, 0.717) is 37.5 Å². The molecular weight excluding hydrogens is 1330 g/mol. The summed E-state index contributed by atoms with van der Waals surface area (Å²) in [7, 11) is -9.92. The molecule has 0 amide bonds. The van der Waals surface area contributed by atoms with Crippen LogP contribution in [0.3, 0.4) is 0 Å². The summed E-state index contributed by atoms with van der Waals surface area (Å²) >= 11 is 0. The zero-order valence-electron chi connectivity index (χ0n) is 67.2. The number of carbonyl (C=O) groups excluding carboxylic acids is 4. The van der Waals surface area contributed by atoms with E-state index in [9.17, 15) is 43.2 Å². The molecule has 606 valence electrons. The molecule has 0 saturated carbocycles. The molecule has 0 rings (SSSR count). The molecule has 0 aliphatic carbocycles. The first-order valence-electron chi connectivity index (χ1n) is 42.7. The standard InChI is InChI=1S/C83H162O17P2/c1-9-76(8)62-54-46-37-31-27-23-19-15-11-13-17-21-25-29-33-39-49-57-65-82(87)99-78(69-93-80(85)63-55-47-38-32-28-24-20-16-12-10-14-18-22-26-30-35-43-51-59-73(2)3)71-97-101(89,90)95-67-77(84)68-96-102(91,92)98-72-79(70-94-81(86)64-56-48-42-41-45-53-61-75(6)7)100-83(88)66-58-50-40-34-36-44-52-60-74(4)5/h73-79,84H,9-72H2,1-8H3,(H,89,90)(H,91,92)/t76?,77-,78-,79-/m1/s1. The first kappa shape index (κ1) is 100. The number of esters is 4. The quantitative estimate of drug-likeness (QED) is 0.0222. The van der Waals surface area contributed by atoms with Crippen LogP contribution < -0.4 is 0 Å². The third-order valence-corrected chi connectivity index (χ3v) is 21.6. The van der Waals surface area contributed by atoms with Gasteiger partial charge in [0.05, 0.1) is 26.4 Å². The third-order valence-electron chi connectivity index (χ3n) is 19.7. The van der Waals surface area contributed by atoms with E-state index in [0.717, 1.165) is 108 Å². The van der Waals surface area contributed by atoms with Crippen molar-refractivity contribution in [3.8, 4) is 0 Å². The number of aliphatic hydroxyl groups is 1. The highest BCUT2D eigenvalue weighted by Crippen LogP contribution is 2.45. The molecule has 0 aromatic rings. The van der Waals surface area contributed by atoms with Crippen LogP contribution in [0.1, 0.15) is 428 Å². The van der Waals surface area contributed by atoms with E-state index in [-0.39, 0.29) is 25.7 Å². The molecule has 0 heterocycles. The van der Waals surface area contributed by atoms with Crippen molar-refractivity contribution in [2.45, 2.75) is 446 Å². The van der Waals surface area contributed by atoms with Gasteiger partial charge in [0.15, 0.2) is 12.2 Å². The number of aliphatic hydroxyl groups excluding tert-OH is 1. The maximum absolute atomic E-state index is 13.1. The Kier molecular flexibility index (Phi) is 70.6. The number of phosphoric ester groups is 2. The molecule has 102 heavy (non-hydrogen) atoms. The minimum atomic E-state index is -4.96. The Morgan fingerprint density at radius 2 is 0.471 bits per heavy atom. The van der Waals surface area contributed by atoms with Crippen molar-refractivity contribution in [3.05, 3.63) is 0 Å². The topological polar surface area (TPSA) is 237 Å².